The van der Waals surface area contributed by atoms with Crippen LogP contribution in [0.4, 0.5) is 0 Å². The van der Waals surface area contributed by atoms with E-state index in [1.165, 1.54) is 31.0 Å². The van der Waals surface area contributed by atoms with Crippen LogP contribution in [0.3, 0.4) is 0 Å². The summed E-state index contributed by atoms with van der Waals surface area (Å²) < 4.78 is 9.02. The van der Waals surface area contributed by atoms with Gasteiger partial charge in [0.05, 0.1) is 5.75 Å². The molecule has 1 aliphatic rings. The molecule has 4 aromatic rings. The number of hydrogen-bond acceptors (Lipinski definition) is 5. The molecule has 1 saturated carbocycles. The molecule has 0 bridgehead atoms. The zero-order valence-corrected chi connectivity index (χ0v) is 19.4. The van der Waals surface area contributed by atoms with E-state index in [0.717, 1.165) is 44.8 Å². The van der Waals surface area contributed by atoms with Gasteiger partial charge in [-0.05, 0) is 37.1 Å². The SMILES string of the molecule is O=C(CSc1nnc(-c2ccc(Br)cc2)n1C1CCCCC1)c1cc2ccccc2o1. The largest absolute Gasteiger partial charge is 0.453 e. The van der Waals surface area contributed by atoms with Gasteiger partial charge in [-0.15, -0.1) is 10.2 Å². The van der Waals surface area contributed by atoms with Crippen LogP contribution in [0.2, 0.25) is 0 Å². The minimum absolute atomic E-state index is 0.0374. The maximum absolute atomic E-state index is 12.8. The highest BCUT2D eigenvalue weighted by Gasteiger charge is 2.25. The van der Waals surface area contributed by atoms with E-state index < -0.39 is 0 Å². The fraction of sp³-hybridized carbons (Fsp3) is 0.292. The van der Waals surface area contributed by atoms with Gasteiger partial charge in [0, 0.05) is 21.5 Å². The zero-order chi connectivity index (χ0) is 21.2. The number of ketones is 1. The first kappa shape index (κ1) is 20.5. The number of aromatic nitrogens is 3. The fourth-order valence-electron chi connectivity index (χ4n) is 4.16. The van der Waals surface area contributed by atoms with Crippen molar-refractivity contribution < 1.29 is 9.21 Å². The smallest absolute Gasteiger partial charge is 0.208 e. The number of rotatable bonds is 6. The Labute approximate surface area is 193 Å². The molecule has 2 aromatic carbocycles. The Kier molecular flexibility index (Phi) is 5.96. The van der Waals surface area contributed by atoms with Crippen molar-refractivity contribution in [3.05, 3.63) is 64.8 Å². The summed E-state index contributed by atoms with van der Waals surface area (Å²) in [6.07, 6.45) is 5.94. The summed E-state index contributed by atoms with van der Waals surface area (Å²) in [4.78, 5) is 12.8. The van der Waals surface area contributed by atoms with E-state index >= 15 is 0 Å². The Bertz CT molecular complexity index is 1180. The highest BCUT2D eigenvalue weighted by Crippen LogP contribution is 2.36. The molecular formula is C24H22BrN3O2S. The van der Waals surface area contributed by atoms with Gasteiger partial charge in [-0.25, -0.2) is 0 Å². The molecule has 31 heavy (non-hydrogen) atoms. The molecule has 0 amide bonds. The molecule has 0 aliphatic heterocycles. The third kappa shape index (κ3) is 4.34. The van der Waals surface area contributed by atoms with E-state index in [2.05, 4.69) is 42.8 Å². The molecule has 5 nitrogen and oxygen atoms in total. The van der Waals surface area contributed by atoms with E-state index in [1.807, 2.05) is 42.5 Å². The number of hydrogen-bond donors (Lipinski definition) is 0. The molecule has 5 rings (SSSR count). The number of benzene rings is 2. The van der Waals surface area contributed by atoms with Crippen LogP contribution >= 0.6 is 27.7 Å². The number of carbonyl (C=O) groups excluding carboxylic acids is 1. The summed E-state index contributed by atoms with van der Waals surface area (Å²) in [5.74, 6) is 1.50. The van der Waals surface area contributed by atoms with Crippen molar-refractivity contribution in [2.75, 3.05) is 5.75 Å². The molecule has 0 saturated heterocycles. The van der Waals surface area contributed by atoms with Gasteiger partial charge in [-0.3, -0.25) is 9.36 Å². The molecule has 0 spiro atoms. The lowest BCUT2D eigenvalue weighted by molar-refractivity contribution is 0.0994. The number of thioether (sulfide) groups is 1. The van der Waals surface area contributed by atoms with Crippen LogP contribution in [-0.2, 0) is 0 Å². The van der Waals surface area contributed by atoms with Gasteiger partial charge in [0.2, 0.25) is 5.78 Å². The molecule has 2 heterocycles. The van der Waals surface area contributed by atoms with Gasteiger partial charge in [0.15, 0.2) is 16.7 Å². The predicted molar refractivity (Wildman–Crippen MR) is 127 cm³/mol. The molecule has 7 heteroatoms. The van der Waals surface area contributed by atoms with E-state index in [4.69, 9.17) is 4.42 Å². The van der Waals surface area contributed by atoms with Gasteiger partial charge in [-0.2, -0.15) is 0 Å². The van der Waals surface area contributed by atoms with Crippen LogP contribution in [0.15, 0.2) is 68.6 Å². The lowest BCUT2D eigenvalue weighted by Crippen LogP contribution is -2.15. The van der Waals surface area contributed by atoms with Crippen LogP contribution in [0.25, 0.3) is 22.4 Å². The quantitative estimate of drug-likeness (QED) is 0.214. The second-order valence-electron chi connectivity index (χ2n) is 7.84. The third-order valence-corrected chi connectivity index (χ3v) is 7.21. The van der Waals surface area contributed by atoms with Crippen molar-refractivity contribution in [1.82, 2.24) is 14.8 Å². The molecule has 2 aromatic heterocycles. The second-order valence-corrected chi connectivity index (χ2v) is 9.69. The summed E-state index contributed by atoms with van der Waals surface area (Å²) >= 11 is 4.94. The normalized spacial score (nSPS) is 14.9. The van der Waals surface area contributed by atoms with E-state index in [9.17, 15) is 4.79 Å². The number of furan rings is 1. The lowest BCUT2D eigenvalue weighted by atomic mass is 9.95. The maximum atomic E-state index is 12.8. The molecule has 0 unspecified atom stereocenters. The fourth-order valence-corrected chi connectivity index (χ4v) is 5.30. The minimum Gasteiger partial charge on any atom is -0.453 e. The Morgan fingerprint density at radius 3 is 2.61 bits per heavy atom. The Balaban J connectivity index is 1.41. The molecule has 0 N–H and O–H groups in total. The standard InChI is InChI=1S/C24H22BrN3O2S/c25-18-12-10-16(11-13-18)23-26-27-24(28(23)19-7-2-1-3-8-19)31-15-20(29)22-14-17-6-4-5-9-21(17)30-22/h4-6,9-14,19H,1-3,7-8,15H2. The Morgan fingerprint density at radius 2 is 1.84 bits per heavy atom. The van der Waals surface area contributed by atoms with Crippen molar-refractivity contribution in [2.24, 2.45) is 0 Å². The molecular weight excluding hydrogens is 474 g/mol. The summed E-state index contributed by atoms with van der Waals surface area (Å²) in [6.45, 7) is 0. The maximum Gasteiger partial charge on any atom is 0.208 e. The number of nitrogens with zero attached hydrogens (tertiary/aromatic N) is 3. The Hall–Kier alpha value is -2.38. The van der Waals surface area contributed by atoms with E-state index in [-0.39, 0.29) is 11.5 Å². The number of halogens is 1. The third-order valence-electron chi connectivity index (χ3n) is 5.74. The number of Topliss-reactive ketones (excluding diaryl/α,β-unsaturated/α-hetero) is 1. The summed E-state index contributed by atoms with van der Waals surface area (Å²) in [5.41, 5.74) is 1.77. The minimum atomic E-state index is -0.0374. The zero-order valence-electron chi connectivity index (χ0n) is 17.0. The monoisotopic (exact) mass is 495 g/mol. The highest BCUT2D eigenvalue weighted by molar-refractivity contribution is 9.10. The number of fused-ring (bicyclic) bond motifs is 1. The van der Waals surface area contributed by atoms with E-state index in [1.54, 1.807) is 0 Å². The number of para-hydroxylation sites is 1. The first-order valence-electron chi connectivity index (χ1n) is 10.5. The van der Waals surface area contributed by atoms with E-state index in [0.29, 0.717) is 11.8 Å². The van der Waals surface area contributed by atoms with Gasteiger partial charge >= 0.3 is 0 Å². The summed E-state index contributed by atoms with van der Waals surface area (Å²) in [6, 6.07) is 18.0. The van der Waals surface area contributed by atoms with Crippen LogP contribution < -0.4 is 0 Å². The van der Waals surface area contributed by atoms with Crippen LogP contribution in [0, 0.1) is 0 Å². The van der Waals surface area contributed by atoms with Gasteiger partial charge in [0.1, 0.15) is 5.58 Å². The topological polar surface area (TPSA) is 60.9 Å². The Morgan fingerprint density at radius 1 is 1.06 bits per heavy atom. The van der Waals surface area contributed by atoms with Crippen LogP contribution in [0.1, 0.15) is 48.7 Å². The molecule has 1 fully saturated rings. The van der Waals surface area contributed by atoms with Gasteiger partial charge in [0.25, 0.3) is 0 Å². The summed E-state index contributed by atoms with van der Waals surface area (Å²) in [5, 5.41) is 10.7. The van der Waals surface area contributed by atoms with Crippen molar-refractivity contribution >= 4 is 44.4 Å². The van der Waals surface area contributed by atoms with Crippen LogP contribution in [0.5, 0.6) is 0 Å². The van der Waals surface area contributed by atoms with Gasteiger partial charge < -0.3 is 4.42 Å². The van der Waals surface area contributed by atoms with Crippen molar-refractivity contribution in [3.63, 3.8) is 0 Å². The van der Waals surface area contributed by atoms with Crippen molar-refractivity contribution in [1.29, 1.82) is 0 Å². The lowest BCUT2D eigenvalue weighted by Gasteiger charge is -2.25. The summed E-state index contributed by atoms with van der Waals surface area (Å²) in [7, 11) is 0. The molecule has 0 atom stereocenters. The molecule has 0 radical (unpaired) electrons. The molecule has 1 aliphatic carbocycles. The second kappa shape index (κ2) is 9.01. The first-order chi connectivity index (χ1) is 15.2. The first-order valence-corrected chi connectivity index (χ1v) is 12.3. The van der Waals surface area contributed by atoms with Crippen molar-refractivity contribution in [2.45, 2.75) is 43.3 Å². The average Bonchev–Trinajstić information content (AvgIpc) is 3.43. The average molecular weight is 496 g/mol. The van der Waals surface area contributed by atoms with Crippen LogP contribution in [-0.4, -0.2) is 26.3 Å². The number of carbonyl (C=O) groups is 1. The predicted octanol–water partition coefficient (Wildman–Crippen LogP) is 6.93. The van der Waals surface area contributed by atoms with Gasteiger partial charge in [-0.1, -0.05) is 77.3 Å². The molecule has 158 valence electrons. The van der Waals surface area contributed by atoms with Crippen molar-refractivity contribution in [3.8, 4) is 11.4 Å². The highest BCUT2D eigenvalue weighted by atomic mass is 79.9.